The summed E-state index contributed by atoms with van der Waals surface area (Å²) in [6.07, 6.45) is 10.1. The Morgan fingerprint density at radius 1 is 1.29 bits per heavy atom. The quantitative estimate of drug-likeness (QED) is 0.576. The standard InChI is InChI=1S/C10H10N2S2/c1-4-8-12(9-5-1)14-13-10-6-2-3-7-11-10/h1-8H,9H2. The Morgan fingerprint density at radius 3 is 3.00 bits per heavy atom. The van der Waals surface area contributed by atoms with Crippen LogP contribution in [0.5, 0.6) is 0 Å². The number of nitrogens with zero attached hydrogens (tertiary/aromatic N) is 2. The van der Waals surface area contributed by atoms with Crippen molar-refractivity contribution in [2.24, 2.45) is 0 Å². The molecular weight excluding hydrogens is 212 g/mol. The van der Waals surface area contributed by atoms with Crippen LogP contribution >= 0.6 is 21.8 Å². The summed E-state index contributed by atoms with van der Waals surface area (Å²) in [7, 11) is 3.37. The van der Waals surface area contributed by atoms with Gasteiger partial charge >= 0.3 is 0 Å². The van der Waals surface area contributed by atoms with Crippen molar-refractivity contribution in [2.45, 2.75) is 5.03 Å². The second-order valence-corrected chi connectivity index (χ2v) is 4.85. The van der Waals surface area contributed by atoms with E-state index in [4.69, 9.17) is 0 Å². The summed E-state index contributed by atoms with van der Waals surface area (Å²) in [6.45, 7) is 0.959. The fourth-order valence-corrected chi connectivity index (χ4v) is 2.81. The van der Waals surface area contributed by atoms with Crippen LogP contribution in [-0.2, 0) is 0 Å². The second-order valence-electron chi connectivity index (χ2n) is 2.70. The summed E-state index contributed by atoms with van der Waals surface area (Å²) in [5, 5.41) is 1.04. The molecule has 0 bridgehead atoms. The lowest BCUT2D eigenvalue weighted by atomic mass is 10.4. The fourth-order valence-electron chi connectivity index (χ4n) is 0.988. The molecule has 0 unspecified atom stereocenters. The Hall–Kier alpha value is -0.870. The first-order valence-corrected chi connectivity index (χ1v) is 6.41. The molecule has 14 heavy (non-hydrogen) atoms. The molecule has 0 amide bonds. The maximum absolute atomic E-state index is 4.24. The Kier molecular flexibility index (Phi) is 3.54. The average molecular weight is 222 g/mol. The van der Waals surface area contributed by atoms with E-state index in [1.54, 1.807) is 21.8 Å². The Balaban J connectivity index is 1.83. The monoisotopic (exact) mass is 222 g/mol. The minimum Gasteiger partial charge on any atom is -0.310 e. The number of aromatic nitrogens is 1. The summed E-state index contributed by atoms with van der Waals surface area (Å²) in [4.78, 5) is 4.24. The van der Waals surface area contributed by atoms with Crippen molar-refractivity contribution in [3.05, 3.63) is 48.8 Å². The lowest BCUT2D eigenvalue weighted by molar-refractivity contribution is 0.698. The number of hydrogen-bond donors (Lipinski definition) is 0. The molecule has 4 heteroatoms. The highest BCUT2D eigenvalue weighted by Crippen LogP contribution is 2.32. The molecule has 1 aromatic rings. The topological polar surface area (TPSA) is 16.1 Å². The van der Waals surface area contributed by atoms with Crippen LogP contribution in [0.2, 0.25) is 0 Å². The molecule has 2 rings (SSSR count). The fraction of sp³-hybridized carbons (Fsp3) is 0.100. The van der Waals surface area contributed by atoms with Crippen molar-refractivity contribution in [1.29, 1.82) is 0 Å². The third-order valence-electron chi connectivity index (χ3n) is 1.64. The van der Waals surface area contributed by atoms with Gasteiger partial charge in [-0.3, -0.25) is 0 Å². The van der Waals surface area contributed by atoms with Gasteiger partial charge in [-0.15, -0.1) is 0 Å². The molecule has 2 heterocycles. The lowest BCUT2D eigenvalue weighted by Gasteiger charge is -2.17. The van der Waals surface area contributed by atoms with Crippen LogP contribution in [0, 0.1) is 0 Å². The molecule has 1 aromatic heterocycles. The summed E-state index contributed by atoms with van der Waals surface area (Å²) < 4.78 is 2.17. The van der Waals surface area contributed by atoms with Gasteiger partial charge in [0.05, 0.1) is 0 Å². The van der Waals surface area contributed by atoms with Gasteiger partial charge in [0.2, 0.25) is 0 Å². The van der Waals surface area contributed by atoms with Crippen molar-refractivity contribution in [1.82, 2.24) is 9.29 Å². The van der Waals surface area contributed by atoms with Gasteiger partial charge < -0.3 is 4.31 Å². The predicted molar refractivity (Wildman–Crippen MR) is 62.7 cm³/mol. The largest absolute Gasteiger partial charge is 0.310 e. The van der Waals surface area contributed by atoms with Crippen LogP contribution in [0.15, 0.2) is 53.8 Å². The van der Waals surface area contributed by atoms with Gasteiger partial charge in [-0.25, -0.2) is 4.98 Å². The van der Waals surface area contributed by atoms with Crippen LogP contribution in [0.25, 0.3) is 0 Å². The normalized spacial score (nSPS) is 14.7. The van der Waals surface area contributed by atoms with E-state index < -0.39 is 0 Å². The van der Waals surface area contributed by atoms with E-state index in [0.717, 1.165) is 11.6 Å². The van der Waals surface area contributed by atoms with Gasteiger partial charge in [0.15, 0.2) is 0 Å². The Labute approximate surface area is 91.6 Å². The highest BCUT2D eigenvalue weighted by Gasteiger charge is 2.02. The van der Waals surface area contributed by atoms with Gasteiger partial charge in [-0.2, -0.15) is 0 Å². The molecule has 0 saturated heterocycles. The third kappa shape index (κ3) is 2.82. The van der Waals surface area contributed by atoms with E-state index in [0.29, 0.717) is 0 Å². The van der Waals surface area contributed by atoms with E-state index in [1.165, 1.54) is 0 Å². The molecule has 0 spiro atoms. The first-order chi connectivity index (χ1) is 6.95. The minimum absolute atomic E-state index is 0.959. The molecule has 0 saturated carbocycles. The number of hydrogen-bond acceptors (Lipinski definition) is 4. The van der Waals surface area contributed by atoms with E-state index in [2.05, 4.69) is 27.6 Å². The summed E-state index contributed by atoms with van der Waals surface area (Å²) in [5.41, 5.74) is 0. The van der Waals surface area contributed by atoms with Gasteiger partial charge in [0, 0.05) is 29.9 Å². The summed E-state index contributed by atoms with van der Waals surface area (Å²) in [5.74, 6) is 0. The SMILES string of the molecule is C1=CCN(SSc2ccccn2)C=C1. The Morgan fingerprint density at radius 2 is 2.29 bits per heavy atom. The molecule has 1 aliphatic heterocycles. The number of pyridine rings is 1. The highest BCUT2D eigenvalue weighted by molar-refractivity contribution is 8.75. The zero-order valence-corrected chi connectivity index (χ0v) is 9.17. The molecule has 0 radical (unpaired) electrons. The summed E-state index contributed by atoms with van der Waals surface area (Å²) in [6, 6.07) is 5.95. The number of allylic oxidation sites excluding steroid dienone is 2. The van der Waals surface area contributed by atoms with E-state index in [-0.39, 0.29) is 0 Å². The highest BCUT2D eigenvalue weighted by atomic mass is 33.1. The van der Waals surface area contributed by atoms with Gasteiger partial charge in [0.25, 0.3) is 0 Å². The first-order valence-electron chi connectivity index (χ1n) is 4.31. The molecule has 2 nitrogen and oxygen atoms in total. The molecule has 0 fully saturated rings. The molecule has 0 aliphatic carbocycles. The van der Waals surface area contributed by atoms with Crippen LogP contribution in [-0.4, -0.2) is 15.8 Å². The predicted octanol–water partition coefficient (Wildman–Crippen LogP) is 3.12. The molecule has 0 atom stereocenters. The number of rotatable bonds is 3. The molecular formula is C10H10N2S2. The van der Waals surface area contributed by atoms with E-state index >= 15 is 0 Å². The van der Waals surface area contributed by atoms with E-state index in [1.807, 2.05) is 30.5 Å². The third-order valence-corrected chi connectivity index (χ3v) is 3.90. The first kappa shape index (κ1) is 9.68. The summed E-state index contributed by atoms with van der Waals surface area (Å²) >= 11 is 0. The van der Waals surface area contributed by atoms with Crippen molar-refractivity contribution < 1.29 is 0 Å². The van der Waals surface area contributed by atoms with Crippen molar-refractivity contribution in [2.75, 3.05) is 6.54 Å². The molecule has 0 aromatic carbocycles. The smallest absolute Gasteiger partial charge is 0.108 e. The zero-order valence-electron chi connectivity index (χ0n) is 7.54. The van der Waals surface area contributed by atoms with Crippen molar-refractivity contribution >= 4 is 21.8 Å². The maximum atomic E-state index is 4.24. The average Bonchev–Trinajstić information content (AvgIpc) is 2.29. The zero-order chi connectivity index (χ0) is 9.64. The van der Waals surface area contributed by atoms with Crippen molar-refractivity contribution in [3.8, 4) is 0 Å². The minimum atomic E-state index is 0.959. The Bertz CT molecular complexity index is 335. The van der Waals surface area contributed by atoms with Crippen LogP contribution in [0.1, 0.15) is 0 Å². The van der Waals surface area contributed by atoms with Gasteiger partial charge in [-0.05, 0) is 29.0 Å². The maximum Gasteiger partial charge on any atom is 0.108 e. The van der Waals surface area contributed by atoms with Gasteiger partial charge in [0.1, 0.15) is 5.03 Å². The van der Waals surface area contributed by atoms with Gasteiger partial charge in [-0.1, -0.05) is 18.2 Å². The van der Waals surface area contributed by atoms with Crippen LogP contribution < -0.4 is 0 Å². The van der Waals surface area contributed by atoms with Crippen molar-refractivity contribution in [3.63, 3.8) is 0 Å². The van der Waals surface area contributed by atoms with Crippen LogP contribution in [0.4, 0.5) is 0 Å². The lowest BCUT2D eigenvalue weighted by Crippen LogP contribution is -2.07. The van der Waals surface area contributed by atoms with Crippen LogP contribution in [0.3, 0.4) is 0 Å². The molecule has 0 N–H and O–H groups in total. The molecule has 1 aliphatic rings. The second kappa shape index (κ2) is 5.12. The van der Waals surface area contributed by atoms with E-state index in [9.17, 15) is 0 Å². The molecule has 72 valence electrons.